The van der Waals surface area contributed by atoms with Gasteiger partial charge in [-0.05, 0) is 30.0 Å². The number of nitrogens with zero attached hydrogens (tertiary/aromatic N) is 3. The molecule has 1 aromatic heterocycles. The summed E-state index contributed by atoms with van der Waals surface area (Å²) in [4.78, 5) is 18.7. The molecular weight excluding hydrogens is 326 g/mol. The van der Waals surface area contributed by atoms with Crippen LogP contribution in [-0.4, -0.2) is 33.1 Å². The van der Waals surface area contributed by atoms with Crippen LogP contribution in [0.5, 0.6) is 0 Å². The van der Waals surface area contributed by atoms with Crippen LogP contribution in [0, 0.1) is 0 Å². The first kappa shape index (κ1) is 16.8. The summed E-state index contributed by atoms with van der Waals surface area (Å²) in [6, 6.07) is 8.08. The monoisotopic (exact) mass is 347 g/mol. The summed E-state index contributed by atoms with van der Waals surface area (Å²) in [5.41, 5.74) is 2.14. The van der Waals surface area contributed by atoms with Crippen molar-refractivity contribution in [3.63, 3.8) is 0 Å². The van der Waals surface area contributed by atoms with Crippen molar-refractivity contribution in [1.82, 2.24) is 10.1 Å². The minimum Gasteiger partial charge on any atom is -0.338 e. The fourth-order valence-corrected chi connectivity index (χ4v) is 3.33. The van der Waals surface area contributed by atoms with Crippen LogP contribution in [0.15, 0.2) is 28.8 Å². The summed E-state index contributed by atoms with van der Waals surface area (Å²) in [5.74, 6) is 0.966. The molecule has 0 N–H and O–H groups in total. The minimum atomic E-state index is -1.04. The van der Waals surface area contributed by atoms with Gasteiger partial charge in [-0.3, -0.25) is 9.00 Å². The van der Waals surface area contributed by atoms with E-state index in [1.54, 1.807) is 11.2 Å². The highest BCUT2D eigenvalue weighted by Gasteiger charge is 2.37. The van der Waals surface area contributed by atoms with Crippen molar-refractivity contribution < 1.29 is 13.5 Å². The van der Waals surface area contributed by atoms with E-state index in [0.717, 1.165) is 5.69 Å². The number of carbonyl (C=O) groups is 1. The van der Waals surface area contributed by atoms with Crippen LogP contribution in [-0.2, 0) is 21.3 Å². The molecule has 128 valence electrons. The summed E-state index contributed by atoms with van der Waals surface area (Å²) in [5, 5.41) is 3.81. The molecule has 0 radical (unpaired) electrons. The maximum absolute atomic E-state index is 12.7. The summed E-state index contributed by atoms with van der Waals surface area (Å²) in [6.07, 6.45) is 2.22. The van der Waals surface area contributed by atoms with Gasteiger partial charge in [0, 0.05) is 29.3 Å². The molecule has 0 bridgehead atoms. The molecule has 2 heterocycles. The maximum atomic E-state index is 12.7. The summed E-state index contributed by atoms with van der Waals surface area (Å²) in [6.45, 7) is 4.91. The van der Waals surface area contributed by atoms with E-state index >= 15 is 0 Å². The Morgan fingerprint density at radius 3 is 2.67 bits per heavy atom. The molecule has 6 nitrogen and oxygen atoms in total. The van der Waals surface area contributed by atoms with Gasteiger partial charge in [-0.1, -0.05) is 31.1 Å². The van der Waals surface area contributed by atoms with Crippen LogP contribution in [0.2, 0.25) is 0 Å². The minimum absolute atomic E-state index is 0.0277. The molecule has 24 heavy (non-hydrogen) atoms. The van der Waals surface area contributed by atoms with E-state index in [9.17, 15) is 9.00 Å². The highest BCUT2D eigenvalue weighted by Crippen LogP contribution is 2.32. The SMILES string of the molecule is CC(C)c1ccc(N2CC[C@@H](c3nc(C[S@](C)=O)no3)C2=O)cc1. The zero-order valence-electron chi connectivity index (χ0n) is 14.1. The van der Waals surface area contributed by atoms with Gasteiger partial charge < -0.3 is 9.42 Å². The van der Waals surface area contributed by atoms with Gasteiger partial charge >= 0.3 is 0 Å². The Kier molecular flexibility index (Phi) is 4.80. The predicted molar refractivity (Wildman–Crippen MR) is 92.3 cm³/mol. The lowest BCUT2D eigenvalue weighted by atomic mass is 10.0. The van der Waals surface area contributed by atoms with Gasteiger partial charge in [-0.15, -0.1) is 0 Å². The van der Waals surface area contributed by atoms with Gasteiger partial charge in [0.2, 0.25) is 11.8 Å². The van der Waals surface area contributed by atoms with E-state index < -0.39 is 16.7 Å². The third kappa shape index (κ3) is 3.40. The number of hydrogen-bond donors (Lipinski definition) is 0. The number of amides is 1. The summed E-state index contributed by atoms with van der Waals surface area (Å²) in [7, 11) is -1.04. The lowest BCUT2D eigenvalue weighted by molar-refractivity contribution is -0.118. The Hall–Kier alpha value is -2.02. The average molecular weight is 347 g/mol. The first-order valence-electron chi connectivity index (χ1n) is 7.99. The van der Waals surface area contributed by atoms with Crippen molar-refractivity contribution in [1.29, 1.82) is 0 Å². The Morgan fingerprint density at radius 2 is 2.04 bits per heavy atom. The van der Waals surface area contributed by atoms with Crippen molar-refractivity contribution in [2.24, 2.45) is 0 Å². The second-order valence-corrected chi connectivity index (χ2v) is 7.78. The van der Waals surface area contributed by atoms with Crippen LogP contribution < -0.4 is 4.90 Å². The molecule has 0 saturated carbocycles. The molecule has 1 aromatic carbocycles. The number of anilines is 1. The number of benzene rings is 1. The Labute approximate surface area is 143 Å². The van der Waals surface area contributed by atoms with Gasteiger partial charge in [-0.25, -0.2) is 0 Å². The molecule has 1 aliphatic heterocycles. The highest BCUT2D eigenvalue weighted by molar-refractivity contribution is 7.83. The molecular formula is C17H21N3O3S. The van der Waals surface area contributed by atoms with E-state index in [1.165, 1.54) is 5.56 Å². The first-order chi connectivity index (χ1) is 11.5. The molecule has 7 heteroatoms. The van der Waals surface area contributed by atoms with Gasteiger partial charge in [0.05, 0.1) is 5.75 Å². The van der Waals surface area contributed by atoms with Crippen LogP contribution in [0.3, 0.4) is 0 Å². The van der Waals surface area contributed by atoms with Gasteiger partial charge in [0.25, 0.3) is 0 Å². The topological polar surface area (TPSA) is 76.3 Å². The molecule has 2 atom stereocenters. The van der Waals surface area contributed by atoms with Crippen molar-refractivity contribution >= 4 is 22.4 Å². The van der Waals surface area contributed by atoms with Gasteiger partial charge in [0.15, 0.2) is 5.82 Å². The summed E-state index contributed by atoms with van der Waals surface area (Å²) < 4.78 is 16.4. The van der Waals surface area contributed by atoms with E-state index in [0.29, 0.717) is 30.6 Å². The fourth-order valence-electron chi connectivity index (χ4n) is 2.85. The second-order valence-electron chi connectivity index (χ2n) is 6.34. The normalized spacial score (nSPS) is 19.2. The van der Waals surface area contributed by atoms with E-state index in [4.69, 9.17) is 4.52 Å². The third-order valence-electron chi connectivity index (χ3n) is 4.19. The van der Waals surface area contributed by atoms with Crippen LogP contribution >= 0.6 is 0 Å². The lowest BCUT2D eigenvalue weighted by Crippen LogP contribution is -2.26. The standard InChI is InChI=1S/C17H21N3O3S/c1-11(2)12-4-6-13(7-5-12)20-9-8-14(17(20)21)16-18-15(19-23-16)10-24(3)22/h4-7,11,14H,8-10H2,1-3H3/t14-,24-/m0/s1. The molecule has 0 spiro atoms. The maximum Gasteiger partial charge on any atom is 0.239 e. The quantitative estimate of drug-likeness (QED) is 0.831. The molecule has 2 aromatic rings. The van der Waals surface area contributed by atoms with Crippen LogP contribution in [0.1, 0.15) is 49.4 Å². The molecule has 0 unspecified atom stereocenters. The molecule has 1 amide bonds. The van der Waals surface area contributed by atoms with E-state index in [2.05, 4.69) is 36.1 Å². The Morgan fingerprint density at radius 1 is 1.33 bits per heavy atom. The largest absolute Gasteiger partial charge is 0.338 e. The number of carbonyl (C=O) groups excluding carboxylic acids is 1. The van der Waals surface area contributed by atoms with E-state index in [-0.39, 0.29) is 11.7 Å². The zero-order valence-corrected chi connectivity index (χ0v) is 14.9. The Balaban J connectivity index is 1.75. The van der Waals surface area contributed by atoms with Crippen molar-refractivity contribution in [3.05, 3.63) is 41.5 Å². The van der Waals surface area contributed by atoms with Gasteiger partial charge in [0.1, 0.15) is 5.92 Å². The predicted octanol–water partition coefficient (Wildman–Crippen LogP) is 2.59. The lowest BCUT2D eigenvalue weighted by Gasteiger charge is -2.17. The zero-order chi connectivity index (χ0) is 17.3. The third-order valence-corrected chi connectivity index (χ3v) is 4.86. The van der Waals surface area contributed by atoms with Crippen LogP contribution in [0.4, 0.5) is 5.69 Å². The van der Waals surface area contributed by atoms with Crippen LogP contribution in [0.25, 0.3) is 0 Å². The second kappa shape index (κ2) is 6.84. The number of rotatable bonds is 5. The van der Waals surface area contributed by atoms with Crippen molar-refractivity contribution in [2.75, 3.05) is 17.7 Å². The fraction of sp³-hybridized carbons (Fsp3) is 0.471. The van der Waals surface area contributed by atoms with E-state index in [1.807, 2.05) is 12.1 Å². The highest BCUT2D eigenvalue weighted by atomic mass is 32.2. The average Bonchev–Trinajstić information content (AvgIpc) is 3.13. The summed E-state index contributed by atoms with van der Waals surface area (Å²) >= 11 is 0. The van der Waals surface area contributed by atoms with Crippen molar-refractivity contribution in [3.8, 4) is 0 Å². The van der Waals surface area contributed by atoms with Crippen molar-refractivity contribution in [2.45, 2.75) is 37.9 Å². The first-order valence-corrected chi connectivity index (χ1v) is 9.72. The number of aromatic nitrogens is 2. The molecule has 0 aliphatic carbocycles. The molecule has 1 aliphatic rings. The Bertz CT molecular complexity index is 755. The smallest absolute Gasteiger partial charge is 0.239 e. The van der Waals surface area contributed by atoms with Gasteiger partial charge in [-0.2, -0.15) is 4.98 Å². The molecule has 1 fully saturated rings. The molecule has 3 rings (SSSR count). The number of hydrogen-bond acceptors (Lipinski definition) is 5. The molecule has 1 saturated heterocycles.